The number of hydrogen-bond donors (Lipinski definition) is 0. The second-order valence-electron chi connectivity index (χ2n) is 15.8. The van der Waals surface area contributed by atoms with Crippen LogP contribution in [-0.4, -0.2) is 61.8 Å². The molecule has 3 aromatic carbocycles. The summed E-state index contributed by atoms with van der Waals surface area (Å²) in [5.41, 5.74) is 20.7. The number of benzene rings is 3. The molecule has 3 aromatic rings. The Kier molecular flexibility index (Phi) is 22.1. The third-order valence-corrected chi connectivity index (χ3v) is 11.3. The molecule has 13 heteroatoms. The SMILES string of the molecule is CCCCCCCCCCCCCC[C@@H](OC(=O)c1ccccc1)[C@@H](OC(=O)c1ccccc1)[C@H](CO[C@H]1OC(CN=[N+]=[N-])[C@H](OCc2ccccc2)[C@H](C)C1C)N=[N+]=[N-]. The van der Waals surface area contributed by atoms with Crippen LogP contribution in [0, 0.1) is 11.8 Å². The number of nitrogens with zero attached hydrogens (tertiary/aromatic N) is 6. The van der Waals surface area contributed by atoms with Gasteiger partial charge in [0.25, 0.3) is 0 Å². The summed E-state index contributed by atoms with van der Waals surface area (Å²) in [7, 11) is 0. The fourth-order valence-corrected chi connectivity index (χ4v) is 7.62. The van der Waals surface area contributed by atoms with E-state index in [1.807, 2.05) is 50.2 Å². The fraction of sp³-hybridized carbons (Fsp3) is 0.574. The van der Waals surface area contributed by atoms with Crippen LogP contribution >= 0.6 is 0 Å². The van der Waals surface area contributed by atoms with Crippen LogP contribution in [0.3, 0.4) is 0 Å². The van der Waals surface area contributed by atoms with E-state index in [1.54, 1.807) is 54.6 Å². The van der Waals surface area contributed by atoms with Crippen LogP contribution in [0.25, 0.3) is 20.9 Å². The lowest BCUT2D eigenvalue weighted by Gasteiger charge is -2.44. The molecule has 13 nitrogen and oxygen atoms in total. The highest BCUT2D eigenvalue weighted by Crippen LogP contribution is 2.35. The molecule has 0 amide bonds. The Morgan fingerprint density at radius 3 is 1.77 bits per heavy atom. The van der Waals surface area contributed by atoms with Gasteiger partial charge in [-0.15, -0.1) is 0 Å². The highest BCUT2D eigenvalue weighted by atomic mass is 16.7. The molecule has 0 aromatic heterocycles. The van der Waals surface area contributed by atoms with Crippen molar-refractivity contribution < 1.29 is 33.3 Å². The minimum Gasteiger partial charge on any atom is -0.455 e. The summed E-state index contributed by atoms with van der Waals surface area (Å²) < 4.78 is 31.6. The molecule has 0 radical (unpaired) electrons. The molecule has 0 saturated carbocycles. The number of rotatable bonds is 28. The molecule has 0 bridgehead atoms. The molecule has 0 N–H and O–H groups in total. The van der Waals surface area contributed by atoms with Gasteiger partial charge < -0.3 is 23.7 Å². The van der Waals surface area contributed by atoms with Crippen molar-refractivity contribution in [3.05, 3.63) is 129 Å². The van der Waals surface area contributed by atoms with Gasteiger partial charge in [-0.25, -0.2) is 9.59 Å². The molecule has 4 rings (SSSR count). The molecule has 1 heterocycles. The van der Waals surface area contributed by atoms with Crippen molar-refractivity contribution >= 4 is 11.9 Å². The lowest BCUT2D eigenvalue weighted by atomic mass is 9.84. The molecule has 1 saturated heterocycles. The number of carbonyl (C=O) groups excluding carboxylic acids is 2. The number of esters is 2. The molecular formula is C47H64N6O7. The zero-order valence-corrected chi connectivity index (χ0v) is 35.6. The highest BCUT2D eigenvalue weighted by Gasteiger charge is 2.44. The van der Waals surface area contributed by atoms with Gasteiger partial charge in [-0.2, -0.15) is 0 Å². The Morgan fingerprint density at radius 2 is 1.22 bits per heavy atom. The van der Waals surface area contributed by atoms with Crippen molar-refractivity contribution in [3.63, 3.8) is 0 Å². The summed E-state index contributed by atoms with van der Waals surface area (Å²) >= 11 is 0. The Bertz CT molecular complexity index is 1760. The number of unbranched alkanes of at least 4 members (excludes halogenated alkanes) is 11. The average Bonchev–Trinajstić information content (AvgIpc) is 3.28. The normalized spacial score (nSPS) is 20.1. The zero-order chi connectivity index (χ0) is 42.8. The molecule has 8 atom stereocenters. The van der Waals surface area contributed by atoms with E-state index in [4.69, 9.17) is 23.7 Å². The van der Waals surface area contributed by atoms with Crippen molar-refractivity contribution in [1.29, 1.82) is 0 Å². The molecule has 0 spiro atoms. The monoisotopic (exact) mass is 824 g/mol. The molecule has 1 aliphatic heterocycles. The van der Waals surface area contributed by atoms with E-state index in [2.05, 4.69) is 27.0 Å². The van der Waals surface area contributed by atoms with Gasteiger partial charge in [-0.3, -0.25) is 0 Å². The maximum absolute atomic E-state index is 13.7. The second-order valence-corrected chi connectivity index (χ2v) is 15.8. The number of hydrogen-bond acceptors (Lipinski definition) is 9. The summed E-state index contributed by atoms with van der Waals surface area (Å²) in [5, 5.41) is 7.90. The molecule has 60 heavy (non-hydrogen) atoms. The van der Waals surface area contributed by atoms with Crippen molar-refractivity contribution in [2.45, 2.75) is 148 Å². The summed E-state index contributed by atoms with van der Waals surface area (Å²) in [6.45, 7) is 6.39. The quantitative estimate of drug-likeness (QED) is 0.0230. The Morgan fingerprint density at radius 1 is 0.683 bits per heavy atom. The van der Waals surface area contributed by atoms with Crippen LogP contribution in [0.1, 0.15) is 131 Å². The number of carbonyl (C=O) groups is 2. The van der Waals surface area contributed by atoms with Gasteiger partial charge >= 0.3 is 11.9 Å². The standard InChI is InChI=1S/C47H64N6O7/c1-4-5-6-7-8-9-10-11-12-13-14-24-31-41(58-45(54)38-27-20-16-21-28-38)44(60-46(55)39-29-22-17-23-30-39)40(51-53-49)34-57-47-36(3)35(2)43(42(59-47)32-50-52-48)56-33-37-25-18-15-19-26-37/h15-23,25-30,35-36,40-44,47H,4-14,24,31-34H2,1-3H3/t35-,36?,40+,41-,42?,43-,44+,47+/m1/s1. The van der Waals surface area contributed by atoms with E-state index >= 15 is 0 Å². The maximum Gasteiger partial charge on any atom is 0.338 e. The van der Waals surface area contributed by atoms with Gasteiger partial charge in [-0.05, 0) is 59.7 Å². The van der Waals surface area contributed by atoms with E-state index in [1.165, 1.54) is 51.4 Å². The van der Waals surface area contributed by atoms with E-state index in [0.29, 0.717) is 30.6 Å². The van der Waals surface area contributed by atoms with Crippen molar-refractivity contribution in [3.8, 4) is 0 Å². The third-order valence-electron chi connectivity index (χ3n) is 11.3. The van der Waals surface area contributed by atoms with E-state index < -0.39 is 48.7 Å². The van der Waals surface area contributed by atoms with Gasteiger partial charge in [0.1, 0.15) is 18.2 Å². The zero-order valence-electron chi connectivity index (χ0n) is 35.6. The number of ether oxygens (including phenoxy) is 5. The topological polar surface area (TPSA) is 178 Å². The molecular weight excluding hydrogens is 761 g/mol. The first-order valence-corrected chi connectivity index (χ1v) is 21.9. The van der Waals surface area contributed by atoms with Gasteiger partial charge in [-0.1, -0.05) is 168 Å². The summed E-state index contributed by atoms with van der Waals surface area (Å²) in [6, 6.07) is 25.8. The van der Waals surface area contributed by atoms with Crippen molar-refractivity contribution in [2.24, 2.45) is 22.1 Å². The largest absolute Gasteiger partial charge is 0.455 e. The lowest BCUT2D eigenvalue weighted by molar-refractivity contribution is -0.271. The molecule has 2 unspecified atom stereocenters. The van der Waals surface area contributed by atoms with Gasteiger partial charge in [0.15, 0.2) is 6.29 Å². The first kappa shape index (κ1) is 47.8. The van der Waals surface area contributed by atoms with E-state index in [-0.39, 0.29) is 25.0 Å². The minimum atomic E-state index is -1.20. The fourth-order valence-electron chi connectivity index (χ4n) is 7.62. The van der Waals surface area contributed by atoms with Crippen LogP contribution in [0.2, 0.25) is 0 Å². The summed E-state index contributed by atoms with van der Waals surface area (Å²) in [4.78, 5) is 33.5. The van der Waals surface area contributed by atoms with Crippen molar-refractivity contribution in [1.82, 2.24) is 0 Å². The molecule has 0 aliphatic carbocycles. The average molecular weight is 825 g/mol. The van der Waals surface area contributed by atoms with Gasteiger partial charge in [0.2, 0.25) is 0 Å². The molecule has 324 valence electrons. The van der Waals surface area contributed by atoms with Crippen LogP contribution in [0.4, 0.5) is 0 Å². The van der Waals surface area contributed by atoms with E-state index in [9.17, 15) is 20.7 Å². The van der Waals surface area contributed by atoms with E-state index in [0.717, 1.165) is 24.8 Å². The highest BCUT2D eigenvalue weighted by molar-refractivity contribution is 5.90. The van der Waals surface area contributed by atoms with Crippen LogP contribution in [0.15, 0.2) is 101 Å². The molecule has 1 fully saturated rings. The first-order valence-electron chi connectivity index (χ1n) is 21.9. The Hall–Kier alpha value is -4.90. The molecule has 1 aliphatic rings. The minimum absolute atomic E-state index is 0.0144. The second kappa shape index (κ2) is 27.8. The summed E-state index contributed by atoms with van der Waals surface area (Å²) in [5.74, 6) is -1.54. The van der Waals surface area contributed by atoms with Crippen LogP contribution < -0.4 is 0 Å². The van der Waals surface area contributed by atoms with Crippen molar-refractivity contribution in [2.75, 3.05) is 13.2 Å². The first-order chi connectivity index (χ1) is 29.4. The van der Waals surface area contributed by atoms with Crippen LogP contribution in [-0.2, 0) is 30.3 Å². The third kappa shape index (κ3) is 16.3. The Labute approximate surface area is 355 Å². The van der Waals surface area contributed by atoms with Gasteiger partial charge in [0, 0.05) is 15.7 Å². The smallest absolute Gasteiger partial charge is 0.338 e. The Balaban J connectivity index is 1.52. The maximum atomic E-state index is 13.7. The summed E-state index contributed by atoms with van der Waals surface area (Å²) in [6.07, 6.45) is 10.2. The number of azide groups is 2. The van der Waals surface area contributed by atoms with Gasteiger partial charge in [0.05, 0.1) is 43.1 Å². The predicted molar refractivity (Wildman–Crippen MR) is 232 cm³/mol. The predicted octanol–water partition coefficient (Wildman–Crippen LogP) is 12.1. The lowest BCUT2D eigenvalue weighted by Crippen LogP contribution is -2.53. The van der Waals surface area contributed by atoms with Crippen LogP contribution in [0.5, 0.6) is 0 Å².